The van der Waals surface area contributed by atoms with Crippen molar-refractivity contribution in [3.8, 4) is 11.5 Å². The first kappa shape index (κ1) is 27.6. The predicted octanol–water partition coefficient (Wildman–Crippen LogP) is 4.66. The van der Waals surface area contributed by atoms with Crippen molar-refractivity contribution in [3.05, 3.63) is 131 Å². The molecule has 4 aromatic carbocycles. The van der Waals surface area contributed by atoms with Gasteiger partial charge in [0.25, 0.3) is 11.8 Å². The molecule has 0 aliphatic carbocycles. The SMILES string of the molecule is O=C1NC(=O)C2(CC(c3ccccc3)Oc3ccccc32)N1.O=C1NC(=S)NC12CC(c1ccccc1)Oc1ccccc12. The Kier molecular flexibility index (Phi) is 6.78. The summed E-state index contributed by atoms with van der Waals surface area (Å²) in [5.41, 5.74) is 1.64. The molecule has 4 N–H and O–H groups in total. The monoisotopic (exact) mass is 604 g/mol. The predicted molar refractivity (Wildman–Crippen MR) is 166 cm³/mol. The van der Waals surface area contributed by atoms with Gasteiger partial charge in [-0.1, -0.05) is 97.1 Å². The maximum atomic E-state index is 12.6. The lowest BCUT2D eigenvalue weighted by Gasteiger charge is -2.38. The highest BCUT2D eigenvalue weighted by Crippen LogP contribution is 2.47. The number of fused-ring (bicyclic) bond motifs is 4. The Morgan fingerprint density at radius 3 is 1.43 bits per heavy atom. The van der Waals surface area contributed by atoms with Crippen molar-refractivity contribution in [1.82, 2.24) is 21.3 Å². The fourth-order valence-corrected chi connectivity index (χ4v) is 6.63. The third-order valence-corrected chi connectivity index (χ3v) is 8.65. The Morgan fingerprint density at radius 2 is 1.00 bits per heavy atom. The van der Waals surface area contributed by atoms with E-state index in [2.05, 4.69) is 21.3 Å². The van der Waals surface area contributed by atoms with Crippen LogP contribution in [-0.2, 0) is 20.7 Å². The number of nitrogens with one attached hydrogen (secondary N) is 4. The van der Waals surface area contributed by atoms with Gasteiger partial charge in [0.1, 0.15) is 23.7 Å². The summed E-state index contributed by atoms with van der Waals surface area (Å²) in [4.78, 5) is 36.7. The average Bonchev–Trinajstić information content (AvgIpc) is 3.50. The summed E-state index contributed by atoms with van der Waals surface area (Å²) in [7, 11) is 0. The lowest BCUT2D eigenvalue weighted by Crippen LogP contribution is -2.48. The highest BCUT2D eigenvalue weighted by atomic mass is 32.1. The number of rotatable bonds is 2. The van der Waals surface area contributed by atoms with Gasteiger partial charge in [0, 0.05) is 24.0 Å². The Hall–Kier alpha value is -5.22. The van der Waals surface area contributed by atoms with Gasteiger partial charge >= 0.3 is 6.03 Å². The molecule has 4 aliphatic rings. The van der Waals surface area contributed by atoms with Crippen molar-refractivity contribution >= 4 is 35.2 Å². The molecule has 2 saturated heterocycles. The number of carbonyl (C=O) groups excluding carboxylic acids is 3. The van der Waals surface area contributed by atoms with E-state index in [9.17, 15) is 14.4 Å². The number of thiocarbonyl (C=S) groups is 1. The van der Waals surface area contributed by atoms with Gasteiger partial charge in [-0.15, -0.1) is 0 Å². The quantitative estimate of drug-likeness (QED) is 0.194. The first-order chi connectivity index (χ1) is 21.4. The molecule has 4 heterocycles. The molecule has 0 aromatic heterocycles. The maximum Gasteiger partial charge on any atom is 0.322 e. The number of benzene rings is 4. The minimum Gasteiger partial charge on any atom is -0.485 e. The molecule has 2 spiro atoms. The normalized spacial score (nSPS) is 26.1. The number of hydrogen-bond donors (Lipinski definition) is 4. The third kappa shape index (κ3) is 4.64. The summed E-state index contributed by atoms with van der Waals surface area (Å²) in [6, 6.07) is 34.1. The summed E-state index contributed by atoms with van der Waals surface area (Å²) in [5.74, 6) is 0.901. The van der Waals surface area contributed by atoms with E-state index in [1.54, 1.807) is 0 Å². The summed E-state index contributed by atoms with van der Waals surface area (Å²) < 4.78 is 12.2. The number of imide groups is 1. The Bertz CT molecular complexity index is 1650. The maximum absolute atomic E-state index is 12.6. The van der Waals surface area contributed by atoms with E-state index < -0.39 is 17.1 Å². The average molecular weight is 605 g/mol. The molecule has 2 fully saturated rings. The summed E-state index contributed by atoms with van der Waals surface area (Å²) >= 11 is 5.15. The van der Waals surface area contributed by atoms with Crippen LogP contribution in [0.1, 0.15) is 47.3 Å². The lowest BCUT2D eigenvalue weighted by atomic mass is 9.80. The molecular weight excluding hydrogens is 576 g/mol. The second-order valence-electron chi connectivity index (χ2n) is 11.1. The highest BCUT2D eigenvalue weighted by molar-refractivity contribution is 7.80. The van der Waals surface area contributed by atoms with E-state index >= 15 is 0 Å². The van der Waals surface area contributed by atoms with Gasteiger partial charge in [0.15, 0.2) is 16.2 Å². The zero-order valence-corrected chi connectivity index (χ0v) is 24.2. The minimum atomic E-state index is -1.06. The standard InChI is InChI=1S/C17H14N2O3.C17H14N2O2S/c20-15-17(19-16(21)18-15)10-14(11-6-2-1-3-7-11)22-13-9-5-4-8-12(13)17;20-15-17(19-16(22)18-15)10-14(11-6-2-1-3-7-11)21-13-9-5-4-8-12(13)17/h1-9,14H,10H2,(H2,18,19,20,21);1-9,14H,10H2,(H2,18,19,20,22). The Morgan fingerprint density at radius 1 is 0.568 bits per heavy atom. The second-order valence-corrected chi connectivity index (χ2v) is 11.5. The molecule has 220 valence electrons. The van der Waals surface area contributed by atoms with Crippen LogP contribution < -0.4 is 30.7 Å². The van der Waals surface area contributed by atoms with Gasteiger partial charge in [0.2, 0.25) is 0 Å². The van der Waals surface area contributed by atoms with Gasteiger partial charge in [-0.05, 0) is 35.5 Å². The fraction of sp³-hybridized carbons (Fsp3) is 0.176. The van der Waals surface area contributed by atoms with Gasteiger partial charge in [-0.2, -0.15) is 0 Å². The van der Waals surface area contributed by atoms with Crippen LogP contribution in [-0.4, -0.2) is 23.0 Å². The van der Waals surface area contributed by atoms with Crippen molar-refractivity contribution in [1.29, 1.82) is 0 Å². The number of hydrogen-bond acceptors (Lipinski definition) is 6. The smallest absolute Gasteiger partial charge is 0.322 e. The summed E-state index contributed by atoms with van der Waals surface area (Å²) in [6.45, 7) is 0. The molecule has 4 aromatic rings. The number of carbonyl (C=O) groups is 3. The van der Waals surface area contributed by atoms with Crippen molar-refractivity contribution in [3.63, 3.8) is 0 Å². The van der Waals surface area contributed by atoms with Gasteiger partial charge < -0.3 is 25.4 Å². The van der Waals surface area contributed by atoms with E-state index in [-0.39, 0.29) is 24.0 Å². The third-order valence-electron chi connectivity index (χ3n) is 8.44. The number of amides is 4. The molecule has 0 bridgehead atoms. The molecule has 10 heteroatoms. The number of urea groups is 1. The van der Waals surface area contributed by atoms with E-state index in [0.29, 0.717) is 29.3 Å². The van der Waals surface area contributed by atoms with E-state index in [4.69, 9.17) is 21.7 Å². The van der Waals surface area contributed by atoms with Crippen LogP contribution in [0, 0.1) is 0 Å². The molecular formula is C34H28N4O5S. The highest BCUT2D eigenvalue weighted by Gasteiger charge is 2.54. The summed E-state index contributed by atoms with van der Waals surface area (Å²) in [5, 5.41) is 11.4. The molecule has 9 nitrogen and oxygen atoms in total. The van der Waals surface area contributed by atoms with Crippen LogP contribution in [0.2, 0.25) is 0 Å². The Labute approximate surface area is 259 Å². The van der Waals surface area contributed by atoms with E-state index in [1.165, 1.54) is 0 Å². The van der Waals surface area contributed by atoms with E-state index in [1.807, 2.05) is 109 Å². The van der Waals surface area contributed by atoms with Crippen LogP contribution in [0.25, 0.3) is 0 Å². The van der Waals surface area contributed by atoms with Gasteiger partial charge in [-0.25, -0.2) is 4.79 Å². The number of ether oxygens (including phenoxy) is 2. The number of para-hydroxylation sites is 2. The van der Waals surface area contributed by atoms with Gasteiger partial charge in [0.05, 0.1) is 0 Å². The molecule has 4 atom stereocenters. The largest absolute Gasteiger partial charge is 0.485 e. The molecule has 8 rings (SSSR count). The van der Waals surface area contributed by atoms with Crippen molar-refractivity contribution in [2.75, 3.05) is 0 Å². The van der Waals surface area contributed by atoms with Crippen LogP contribution >= 0.6 is 12.2 Å². The molecule has 4 unspecified atom stereocenters. The zero-order chi connectivity index (χ0) is 30.3. The lowest BCUT2D eigenvalue weighted by molar-refractivity contribution is -0.126. The molecule has 0 radical (unpaired) electrons. The van der Waals surface area contributed by atoms with Crippen LogP contribution in [0.4, 0.5) is 4.79 Å². The van der Waals surface area contributed by atoms with Crippen LogP contribution in [0.15, 0.2) is 109 Å². The van der Waals surface area contributed by atoms with E-state index in [0.717, 1.165) is 22.4 Å². The Balaban J connectivity index is 0.000000142. The van der Waals surface area contributed by atoms with Crippen molar-refractivity contribution < 1.29 is 23.9 Å². The van der Waals surface area contributed by atoms with Gasteiger partial charge in [-0.3, -0.25) is 14.9 Å². The van der Waals surface area contributed by atoms with Crippen molar-refractivity contribution in [2.45, 2.75) is 36.1 Å². The molecule has 4 aliphatic heterocycles. The van der Waals surface area contributed by atoms with Crippen LogP contribution in [0.5, 0.6) is 11.5 Å². The molecule has 4 amide bonds. The topological polar surface area (TPSA) is 118 Å². The fourth-order valence-electron chi connectivity index (χ4n) is 6.37. The minimum absolute atomic E-state index is 0.116. The first-order valence-electron chi connectivity index (χ1n) is 14.3. The molecule has 44 heavy (non-hydrogen) atoms. The van der Waals surface area contributed by atoms with Crippen molar-refractivity contribution in [2.24, 2.45) is 0 Å². The first-order valence-corrected chi connectivity index (χ1v) is 14.7. The van der Waals surface area contributed by atoms with Crippen LogP contribution in [0.3, 0.4) is 0 Å². The second kappa shape index (κ2) is 10.8. The zero-order valence-electron chi connectivity index (χ0n) is 23.4. The molecule has 0 saturated carbocycles. The summed E-state index contributed by atoms with van der Waals surface area (Å²) in [6.07, 6.45) is 0.376.